The minimum absolute atomic E-state index is 0.0777. The predicted octanol–water partition coefficient (Wildman–Crippen LogP) is 7.27. The quantitative estimate of drug-likeness (QED) is 0.0937. The van der Waals surface area contributed by atoms with Crippen molar-refractivity contribution < 1.29 is 27.7 Å². The molecule has 262 valence electrons. The van der Waals surface area contributed by atoms with E-state index in [2.05, 4.69) is 20.8 Å². The molecule has 2 saturated carbocycles. The Hall–Kier alpha value is -3.31. The molecule has 1 aromatic carbocycles. The molecule has 2 fully saturated rings. The van der Waals surface area contributed by atoms with Crippen LogP contribution in [0.2, 0.25) is 0 Å². The standard InChI is InChI=1S/C35H51N6O6P/c1-6-9-21-45-48(44,46-22-10-7-2)47-23-41-25(5)31(24(4)39-41)26-15-17-29(18-16-26)37-35(43)33(32(27-11-12-27)28-13-14-28)38-34(42)30-19-20-36-40(30)8-3/h15-20,27-28,32-33H,6-14,21-23H2,1-5H3,(H,37,43)(H,38,42). The number of carbonyl (C=O) groups excluding carboxylic acids is 2. The Morgan fingerprint density at radius 2 is 1.54 bits per heavy atom. The van der Waals surface area contributed by atoms with Crippen molar-refractivity contribution in [2.24, 2.45) is 17.8 Å². The lowest BCUT2D eigenvalue weighted by Gasteiger charge is -2.27. The molecule has 2 aromatic heterocycles. The van der Waals surface area contributed by atoms with E-state index in [0.717, 1.165) is 73.9 Å². The number of amides is 2. The summed E-state index contributed by atoms with van der Waals surface area (Å²) in [6.45, 7) is 10.9. The van der Waals surface area contributed by atoms with Crippen molar-refractivity contribution >= 4 is 25.3 Å². The summed E-state index contributed by atoms with van der Waals surface area (Å²) in [6, 6.07) is 8.67. The second kappa shape index (κ2) is 16.4. The number of phosphoric acid groups is 1. The molecule has 0 bridgehead atoms. The molecule has 2 heterocycles. The van der Waals surface area contributed by atoms with E-state index in [9.17, 15) is 14.2 Å². The first-order chi connectivity index (χ1) is 23.2. The van der Waals surface area contributed by atoms with Crippen molar-refractivity contribution in [1.29, 1.82) is 0 Å². The molecule has 2 aliphatic rings. The zero-order valence-corrected chi connectivity index (χ0v) is 29.8. The molecule has 2 aliphatic carbocycles. The fourth-order valence-electron chi connectivity index (χ4n) is 6.28. The molecule has 12 nitrogen and oxygen atoms in total. The van der Waals surface area contributed by atoms with E-state index in [-0.39, 0.29) is 24.5 Å². The monoisotopic (exact) mass is 682 g/mol. The summed E-state index contributed by atoms with van der Waals surface area (Å²) in [5, 5.41) is 15.0. The molecule has 48 heavy (non-hydrogen) atoms. The zero-order chi connectivity index (χ0) is 34.3. The minimum atomic E-state index is -3.74. The van der Waals surface area contributed by atoms with Crippen molar-refractivity contribution in [3.05, 3.63) is 53.6 Å². The molecule has 5 rings (SSSR count). The Kier molecular flexibility index (Phi) is 12.3. The fourth-order valence-corrected chi connectivity index (χ4v) is 7.46. The first-order valence-electron chi connectivity index (χ1n) is 17.5. The maximum Gasteiger partial charge on any atom is 0.476 e. The summed E-state index contributed by atoms with van der Waals surface area (Å²) in [6.07, 6.45) is 9.31. The largest absolute Gasteiger partial charge is 0.476 e. The maximum atomic E-state index is 13.8. The van der Waals surface area contributed by atoms with Gasteiger partial charge in [-0.15, -0.1) is 0 Å². The van der Waals surface area contributed by atoms with Gasteiger partial charge in [-0.2, -0.15) is 10.2 Å². The number of benzene rings is 1. The molecule has 13 heteroatoms. The SMILES string of the molecule is CCCCOP(=O)(OCCCC)OCn1nc(C)c(-c2ccc(NC(=O)C(NC(=O)c3ccnn3CC)C(C3CC3)C3CC3)cc2)c1C. The molecular weight excluding hydrogens is 631 g/mol. The molecule has 0 saturated heterocycles. The number of hydrogen-bond donors (Lipinski definition) is 2. The summed E-state index contributed by atoms with van der Waals surface area (Å²) in [7, 11) is -3.74. The second-order valence-corrected chi connectivity index (χ2v) is 14.6. The first kappa shape index (κ1) is 36.0. The van der Waals surface area contributed by atoms with Crippen LogP contribution >= 0.6 is 7.82 Å². The summed E-state index contributed by atoms with van der Waals surface area (Å²) < 4.78 is 33.5. The molecule has 2 amide bonds. The van der Waals surface area contributed by atoms with Gasteiger partial charge in [0.05, 0.1) is 18.9 Å². The Morgan fingerprint density at radius 3 is 2.10 bits per heavy atom. The van der Waals surface area contributed by atoms with E-state index in [1.165, 1.54) is 0 Å². The number of nitrogens with one attached hydrogen (secondary N) is 2. The summed E-state index contributed by atoms with van der Waals surface area (Å²) in [5.74, 6) is 0.552. The van der Waals surface area contributed by atoms with Gasteiger partial charge in [0, 0.05) is 29.7 Å². The van der Waals surface area contributed by atoms with Crippen molar-refractivity contribution in [2.75, 3.05) is 18.5 Å². The molecule has 0 radical (unpaired) electrons. The van der Waals surface area contributed by atoms with Crippen molar-refractivity contribution in [1.82, 2.24) is 24.9 Å². The van der Waals surface area contributed by atoms with Gasteiger partial charge in [-0.3, -0.25) is 27.8 Å². The second-order valence-electron chi connectivity index (χ2n) is 12.9. The van der Waals surface area contributed by atoms with Crippen molar-refractivity contribution in [3.63, 3.8) is 0 Å². The third-order valence-corrected chi connectivity index (χ3v) is 10.6. The third-order valence-electron chi connectivity index (χ3n) is 9.19. The van der Waals surface area contributed by atoms with Gasteiger partial charge in [0.1, 0.15) is 11.7 Å². The van der Waals surface area contributed by atoms with Gasteiger partial charge in [0.25, 0.3) is 5.91 Å². The van der Waals surface area contributed by atoms with Crippen LogP contribution < -0.4 is 10.6 Å². The van der Waals surface area contributed by atoms with Gasteiger partial charge >= 0.3 is 7.82 Å². The maximum absolute atomic E-state index is 13.8. The van der Waals surface area contributed by atoms with Crippen molar-refractivity contribution in [2.45, 2.75) is 105 Å². The van der Waals surface area contributed by atoms with E-state index in [1.807, 2.05) is 58.9 Å². The molecule has 2 N–H and O–H groups in total. The topological polar surface area (TPSA) is 139 Å². The van der Waals surface area contributed by atoms with E-state index >= 15 is 0 Å². The van der Waals surface area contributed by atoms with Crippen LogP contribution in [0, 0.1) is 31.6 Å². The zero-order valence-electron chi connectivity index (χ0n) is 28.9. The van der Waals surface area contributed by atoms with Crippen LogP contribution in [0.3, 0.4) is 0 Å². The Labute approximate surface area is 283 Å². The Balaban J connectivity index is 1.27. The van der Waals surface area contributed by atoms with Crippen LogP contribution in [-0.4, -0.2) is 50.6 Å². The number of carbonyl (C=O) groups is 2. The van der Waals surface area contributed by atoms with Crippen LogP contribution in [0.5, 0.6) is 0 Å². The number of nitrogens with zero attached hydrogens (tertiary/aromatic N) is 4. The molecule has 0 spiro atoms. The fraction of sp³-hybridized carbons (Fsp3) is 0.600. The van der Waals surface area contributed by atoms with Crippen LogP contribution in [0.1, 0.15) is 94.0 Å². The highest BCUT2D eigenvalue weighted by Gasteiger charge is 2.48. The first-order valence-corrected chi connectivity index (χ1v) is 19.0. The number of anilines is 1. The van der Waals surface area contributed by atoms with Gasteiger partial charge in [-0.05, 0) is 101 Å². The molecule has 1 unspecified atom stereocenters. The van der Waals surface area contributed by atoms with E-state index < -0.39 is 13.9 Å². The van der Waals surface area contributed by atoms with Gasteiger partial charge in [-0.25, -0.2) is 9.25 Å². The van der Waals surface area contributed by atoms with Crippen LogP contribution in [0.15, 0.2) is 36.5 Å². The average Bonchev–Trinajstić information content (AvgIpc) is 4.01. The molecule has 3 aromatic rings. The number of phosphoric ester groups is 1. The summed E-state index contributed by atoms with van der Waals surface area (Å²) >= 11 is 0. The number of unbranched alkanes of at least 4 members (excludes halogenated alkanes) is 2. The minimum Gasteiger partial charge on any atom is -0.339 e. The normalized spacial score (nSPS) is 15.5. The highest BCUT2D eigenvalue weighted by Crippen LogP contribution is 2.51. The molecular formula is C35H51N6O6P. The van der Waals surface area contributed by atoms with Crippen LogP contribution in [-0.2, 0) is 36.2 Å². The van der Waals surface area contributed by atoms with Crippen LogP contribution in [0.25, 0.3) is 11.1 Å². The summed E-state index contributed by atoms with van der Waals surface area (Å²) in [5.41, 5.74) is 4.56. The van der Waals surface area contributed by atoms with Gasteiger partial charge in [-0.1, -0.05) is 38.8 Å². The lowest BCUT2D eigenvalue weighted by Crippen LogP contribution is -2.50. The number of aryl methyl sites for hydroxylation is 2. The number of aromatic nitrogens is 4. The highest BCUT2D eigenvalue weighted by molar-refractivity contribution is 7.48. The van der Waals surface area contributed by atoms with Crippen molar-refractivity contribution in [3.8, 4) is 11.1 Å². The predicted molar refractivity (Wildman–Crippen MR) is 184 cm³/mol. The van der Waals surface area contributed by atoms with Crippen LogP contribution in [0.4, 0.5) is 5.69 Å². The van der Waals surface area contributed by atoms with E-state index in [4.69, 9.17) is 13.6 Å². The smallest absolute Gasteiger partial charge is 0.339 e. The average molecular weight is 683 g/mol. The molecule has 1 atom stereocenters. The van der Waals surface area contributed by atoms with Gasteiger partial charge < -0.3 is 10.6 Å². The van der Waals surface area contributed by atoms with Gasteiger partial charge in [0.2, 0.25) is 5.91 Å². The summed E-state index contributed by atoms with van der Waals surface area (Å²) in [4.78, 5) is 27.2. The van der Waals surface area contributed by atoms with E-state index in [0.29, 0.717) is 43.0 Å². The molecule has 0 aliphatic heterocycles. The highest BCUT2D eigenvalue weighted by atomic mass is 31.2. The number of hydrogen-bond acceptors (Lipinski definition) is 8. The number of rotatable bonds is 20. The lowest BCUT2D eigenvalue weighted by atomic mass is 9.88. The third kappa shape index (κ3) is 9.02. The van der Waals surface area contributed by atoms with Gasteiger partial charge in [0.15, 0.2) is 6.73 Å². The lowest BCUT2D eigenvalue weighted by molar-refractivity contribution is -0.119. The Morgan fingerprint density at radius 1 is 0.917 bits per heavy atom. The Bertz CT molecular complexity index is 1550. The van der Waals surface area contributed by atoms with E-state index in [1.54, 1.807) is 21.6 Å².